The topological polar surface area (TPSA) is 57.6 Å². The van der Waals surface area contributed by atoms with E-state index >= 15 is 0 Å². The van der Waals surface area contributed by atoms with E-state index < -0.39 is 5.97 Å². The van der Waals surface area contributed by atoms with E-state index in [0.717, 1.165) is 25.9 Å². The van der Waals surface area contributed by atoms with Gasteiger partial charge in [-0.3, -0.25) is 9.59 Å². The summed E-state index contributed by atoms with van der Waals surface area (Å²) in [5.74, 6) is -0.423. The van der Waals surface area contributed by atoms with Crippen molar-refractivity contribution in [2.24, 2.45) is 5.41 Å². The molecular weight excluding hydrogens is 250 g/mol. The van der Waals surface area contributed by atoms with Crippen molar-refractivity contribution in [3.8, 4) is 0 Å². The van der Waals surface area contributed by atoms with Crippen molar-refractivity contribution in [2.45, 2.75) is 38.5 Å². The van der Waals surface area contributed by atoms with Crippen LogP contribution in [0.4, 0.5) is 0 Å². The lowest BCUT2D eigenvalue weighted by molar-refractivity contribution is -0.133. The van der Waals surface area contributed by atoms with Crippen LogP contribution in [-0.2, 0) is 9.59 Å². The van der Waals surface area contributed by atoms with Crippen molar-refractivity contribution in [1.29, 1.82) is 0 Å². The molecule has 0 unspecified atom stereocenters. The zero-order valence-corrected chi connectivity index (χ0v) is 11.5. The number of piperidine rings is 1. The Morgan fingerprint density at radius 3 is 2.22 bits per heavy atom. The zero-order valence-electron chi connectivity index (χ0n) is 10.7. The van der Waals surface area contributed by atoms with Crippen LogP contribution < -0.4 is 0 Å². The second kappa shape index (κ2) is 5.95. The zero-order chi connectivity index (χ0) is 13.0. The highest BCUT2D eigenvalue weighted by molar-refractivity contribution is 8.00. The number of nitrogens with zero attached hydrogens (tertiary/aromatic N) is 1. The van der Waals surface area contributed by atoms with E-state index in [0.29, 0.717) is 11.2 Å². The summed E-state index contributed by atoms with van der Waals surface area (Å²) in [6.07, 6.45) is 7.65. The molecule has 18 heavy (non-hydrogen) atoms. The van der Waals surface area contributed by atoms with Gasteiger partial charge in [-0.25, -0.2) is 0 Å². The molecule has 0 radical (unpaired) electrons. The van der Waals surface area contributed by atoms with E-state index in [-0.39, 0.29) is 11.7 Å². The second-order valence-corrected chi connectivity index (χ2v) is 6.46. The lowest BCUT2D eigenvalue weighted by Crippen LogP contribution is -2.43. The molecule has 1 aliphatic heterocycles. The lowest BCUT2D eigenvalue weighted by atomic mass is 9.77. The average Bonchev–Trinajstić information content (AvgIpc) is 2.78. The predicted molar refractivity (Wildman–Crippen MR) is 71.7 cm³/mol. The minimum absolute atomic E-state index is 0.0174. The summed E-state index contributed by atoms with van der Waals surface area (Å²) >= 11 is 1.20. The van der Waals surface area contributed by atoms with Crippen LogP contribution in [-0.4, -0.2) is 46.5 Å². The van der Waals surface area contributed by atoms with E-state index in [1.165, 1.54) is 37.4 Å². The van der Waals surface area contributed by atoms with Crippen molar-refractivity contribution in [3.63, 3.8) is 0 Å². The van der Waals surface area contributed by atoms with Crippen molar-refractivity contribution < 1.29 is 14.7 Å². The first-order valence-electron chi connectivity index (χ1n) is 6.69. The molecule has 0 aromatic rings. The number of likely N-dealkylation sites (tertiary alicyclic amines) is 1. The molecule has 0 atom stereocenters. The Hall–Kier alpha value is -0.710. The van der Waals surface area contributed by atoms with Gasteiger partial charge in [0.25, 0.3) is 0 Å². The number of carbonyl (C=O) groups is 2. The first kappa shape index (κ1) is 13.7. The molecule has 0 aromatic heterocycles. The van der Waals surface area contributed by atoms with Crippen LogP contribution in [0.25, 0.3) is 0 Å². The predicted octanol–water partition coefficient (Wildman–Crippen LogP) is 1.99. The number of aliphatic carboxylic acids is 1. The largest absolute Gasteiger partial charge is 0.481 e. The lowest BCUT2D eigenvalue weighted by Gasteiger charge is -2.39. The third kappa shape index (κ3) is 3.40. The molecule has 5 heteroatoms. The highest BCUT2D eigenvalue weighted by atomic mass is 32.2. The molecule has 1 heterocycles. The molecule has 4 nitrogen and oxygen atoms in total. The maximum atomic E-state index is 11.9. The molecule has 2 fully saturated rings. The first-order valence-corrected chi connectivity index (χ1v) is 7.84. The van der Waals surface area contributed by atoms with Crippen LogP contribution in [0.1, 0.15) is 38.5 Å². The Kier molecular flexibility index (Phi) is 4.54. The van der Waals surface area contributed by atoms with Gasteiger partial charge in [0, 0.05) is 13.1 Å². The number of hydrogen-bond acceptors (Lipinski definition) is 3. The molecular formula is C13H21NO3S. The van der Waals surface area contributed by atoms with Gasteiger partial charge >= 0.3 is 5.97 Å². The van der Waals surface area contributed by atoms with E-state index in [1.54, 1.807) is 0 Å². The maximum Gasteiger partial charge on any atom is 0.313 e. The molecule has 0 bridgehead atoms. The quantitative estimate of drug-likeness (QED) is 0.849. The number of carboxylic acid groups (broad SMARTS) is 1. The van der Waals surface area contributed by atoms with Crippen LogP contribution in [0.3, 0.4) is 0 Å². The van der Waals surface area contributed by atoms with Crippen molar-refractivity contribution >= 4 is 23.6 Å². The fourth-order valence-corrected chi connectivity index (χ4v) is 3.81. The van der Waals surface area contributed by atoms with Gasteiger partial charge in [-0.05, 0) is 31.1 Å². The van der Waals surface area contributed by atoms with Crippen LogP contribution in [0.2, 0.25) is 0 Å². The highest BCUT2D eigenvalue weighted by Gasteiger charge is 2.37. The van der Waals surface area contributed by atoms with Crippen molar-refractivity contribution in [3.05, 3.63) is 0 Å². The van der Waals surface area contributed by atoms with Crippen molar-refractivity contribution in [2.75, 3.05) is 24.6 Å². The summed E-state index contributed by atoms with van der Waals surface area (Å²) in [6.45, 7) is 1.74. The van der Waals surface area contributed by atoms with Crippen LogP contribution in [0, 0.1) is 5.41 Å². The molecule has 1 aliphatic carbocycles. The third-order valence-electron chi connectivity index (χ3n) is 4.29. The van der Waals surface area contributed by atoms with E-state index in [2.05, 4.69) is 0 Å². The van der Waals surface area contributed by atoms with Gasteiger partial charge in [-0.1, -0.05) is 12.8 Å². The Morgan fingerprint density at radius 2 is 1.67 bits per heavy atom. The van der Waals surface area contributed by atoms with Gasteiger partial charge < -0.3 is 10.0 Å². The Morgan fingerprint density at radius 1 is 1.06 bits per heavy atom. The van der Waals surface area contributed by atoms with E-state index in [9.17, 15) is 9.59 Å². The molecule has 1 saturated carbocycles. The minimum atomic E-state index is -0.851. The number of carbonyl (C=O) groups excluding carboxylic acids is 1. The summed E-state index contributed by atoms with van der Waals surface area (Å²) in [5.41, 5.74) is 0.533. The number of amides is 1. The summed E-state index contributed by atoms with van der Waals surface area (Å²) in [6, 6.07) is 0. The molecule has 0 aromatic carbocycles. The number of thioether (sulfide) groups is 1. The minimum Gasteiger partial charge on any atom is -0.481 e. The summed E-state index contributed by atoms with van der Waals surface area (Å²) < 4.78 is 0. The normalized spacial score (nSPS) is 22.3. The van der Waals surface area contributed by atoms with Gasteiger partial charge in [0.15, 0.2) is 0 Å². The second-order valence-electron chi connectivity index (χ2n) is 5.47. The van der Waals surface area contributed by atoms with E-state index in [1.807, 2.05) is 4.90 Å². The van der Waals surface area contributed by atoms with E-state index in [4.69, 9.17) is 5.11 Å². The smallest absolute Gasteiger partial charge is 0.313 e. The Balaban J connectivity index is 1.72. The van der Waals surface area contributed by atoms with Gasteiger partial charge in [0.2, 0.25) is 5.91 Å². The maximum absolute atomic E-state index is 11.9. The number of hydrogen-bond donors (Lipinski definition) is 1. The average molecular weight is 271 g/mol. The standard InChI is InChI=1S/C13H21NO3S/c15-11(9-18-10-12(16)17)14-7-5-13(6-8-14)3-1-2-4-13/h1-10H2,(H,16,17). The molecule has 2 rings (SSSR count). The Bertz CT molecular complexity index is 316. The van der Waals surface area contributed by atoms with Crippen LogP contribution >= 0.6 is 11.8 Å². The fourth-order valence-electron chi connectivity index (χ4n) is 3.17. The number of rotatable bonds is 4. The van der Waals surface area contributed by atoms with Crippen LogP contribution in [0.15, 0.2) is 0 Å². The summed E-state index contributed by atoms with van der Waals surface area (Å²) in [5, 5.41) is 8.53. The SMILES string of the molecule is O=C(O)CSCC(=O)N1CCC2(CCCC2)CC1. The molecule has 1 spiro atoms. The third-order valence-corrected chi connectivity index (χ3v) is 5.19. The molecule has 102 valence electrons. The van der Waals surface area contributed by atoms with Gasteiger partial charge in [0.1, 0.15) is 0 Å². The molecule has 1 amide bonds. The van der Waals surface area contributed by atoms with Gasteiger partial charge in [0.05, 0.1) is 11.5 Å². The summed E-state index contributed by atoms with van der Waals surface area (Å²) in [4.78, 5) is 24.2. The van der Waals surface area contributed by atoms with Gasteiger partial charge in [-0.15, -0.1) is 11.8 Å². The monoisotopic (exact) mass is 271 g/mol. The van der Waals surface area contributed by atoms with Gasteiger partial charge in [-0.2, -0.15) is 0 Å². The van der Waals surface area contributed by atoms with Crippen LogP contribution in [0.5, 0.6) is 0 Å². The van der Waals surface area contributed by atoms with Crippen molar-refractivity contribution in [1.82, 2.24) is 4.90 Å². The molecule has 1 saturated heterocycles. The summed E-state index contributed by atoms with van der Waals surface area (Å²) in [7, 11) is 0. The highest BCUT2D eigenvalue weighted by Crippen LogP contribution is 2.46. The first-order chi connectivity index (χ1) is 8.61. The fraction of sp³-hybridized carbons (Fsp3) is 0.846. The Labute approximate surface area is 112 Å². The number of carboxylic acids is 1. The molecule has 2 aliphatic rings. The molecule has 1 N–H and O–H groups in total.